The van der Waals surface area contributed by atoms with Gasteiger partial charge in [-0.3, -0.25) is 14.4 Å². The fourth-order valence-corrected chi connectivity index (χ4v) is 2.81. The molecule has 0 fully saturated rings. The average Bonchev–Trinajstić information content (AvgIpc) is 2.75. The number of esters is 1. The Morgan fingerprint density at radius 2 is 2.25 bits per heavy atom. The molecule has 8 heteroatoms. The number of ether oxygens (including phenoxy) is 1. The zero-order valence-electron chi connectivity index (χ0n) is 11.0. The largest absolute Gasteiger partial charge is 0.465 e. The summed E-state index contributed by atoms with van der Waals surface area (Å²) in [5.74, 6) is -0.923. The lowest BCUT2D eigenvalue weighted by molar-refractivity contribution is -0.141. The van der Waals surface area contributed by atoms with Crippen LogP contribution >= 0.6 is 11.3 Å². The van der Waals surface area contributed by atoms with E-state index in [0.29, 0.717) is 20.7 Å². The van der Waals surface area contributed by atoms with Crippen molar-refractivity contribution in [2.24, 2.45) is 0 Å². The summed E-state index contributed by atoms with van der Waals surface area (Å²) in [4.78, 5) is 42.2. The molecular weight excluding hydrogens is 282 g/mol. The van der Waals surface area contributed by atoms with Crippen molar-refractivity contribution in [3.8, 4) is 0 Å². The summed E-state index contributed by atoms with van der Waals surface area (Å²) in [6.07, 6.45) is 1.29. The Balaban J connectivity index is 2.23. The number of hydrogen-bond acceptors (Lipinski definition) is 6. The number of carbonyl (C=O) groups excluding carboxylic acids is 2. The van der Waals surface area contributed by atoms with Crippen LogP contribution in [0.4, 0.5) is 0 Å². The van der Waals surface area contributed by atoms with E-state index >= 15 is 0 Å². The lowest BCUT2D eigenvalue weighted by atomic mass is 10.2. The van der Waals surface area contributed by atoms with Crippen molar-refractivity contribution in [2.45, 2.75) is 13.8 Å². The minimum Gasteiger partial charge on any atom is -0.465 e. The van der Waals surface area contributed by atoms with Gasteiger partial charge < -0.3 is 15.0 Å². The molecule has 0 atom stereocenters. The molecule has 0 spiro atoms. The zero-order chi connectivity index (χ0) is 14.7. The first kappa shape index (κ1) is 14.2. The van der Waals surface area contributed by atoms with Crippen LogP contribution < -0.4 is 10.9 Å². The van der Waals surface area contributed by atoms with Gasteiger partial charge in [0.15, 0.2) is 0 Å². The number of carbonyl (C=O) groups is 2. The number of aromatic nitrogens is 2. The van der Waals surface area contributed by atoms with Crippen LogP contribution in [0.3, 0.4) is 0 Å². The summed E-state index contributed by atoms with van der Waals surface area (Å²) in [7, 11) is 0. The van der Waals surface area contributed by atoms with Crippen LogP contribution in [-0.4, -0.2) is 35.0 Å². The molecule has 0 aromatic carbocycles. The smallest absolute Gasteiger partial charge is 0.325 e. The topological polar surface area (TPSA) is 101 Å². The quantitative estimate of drug-likeness (QED) is 0.804. The second-order valence-corrected chi connectivity index (χ2v) is 4.95. The fraction of sp³-hybridized carbons (Fsp3) is 0.333. The van der Waals surface area contributed by atoms with Gasteiger partial charge in [-0.2, -0.15) is 0 Å². The second kappa shape index (κ2) is 5.83. The van der Waals surface area contributed by atoms with E-state index in [1.165, 1.54) is 6.33 Å². The highest BCUT2D eigenvalue weighted by Gasteiger charge is 2.18. The first-order valence-corrected chi connectivity index (χ1v) is 6.76. The van der Waals surface area contributed by atoms with Gasteiger partial charge >= 0.3 is 5.97 Å². The molecule has 0 unspecified atom stereocenters. The minimum atomic E-state index is -0.504. The van der Waals surface area contributed by atoms with E-state index in [4.69, 9.17) is 4.74 Å². The predicted molar refractivity (Wildman–Crippen MR) is 73.9 cm³/mol. The summed E-state index contributed by atoms with van der Waals surface area (Å²) >= 11 is 1.12. The maximum absolute atomic E-state index is 12.0. The van der Waals surface area contributed by atoms with Gasteiger partial charge in [0, 0.05) is 0 Å². The number of aromatic amines is 1. The van der Waals surface area contributed by atoms with Gasteiger partial charge in [0.1, 0.15) is 11.4 Å². The van der Waals surface area contributed by atoms with E-state index in [1.807, 2.05) is 0 Å². The van der Waals surface area contributed by atoms with Gasteiger partial charge in [0.05, 0.1) is 23.2 Å². The number of H-pyrrole nitrogens is 1. The van der Waals surface area contributed by atoms with Crippen LogP contribution in [0.1, 0.15) is 22.2 Å². The molecule has 2 heterocycles. The first-order chi connectivity index (χ1) is 9.54. The van der Waals surface area contributed by atoms with E-state index < -0.39 is 11.9 Å². The molecule has 0 aliphatic carbocycles. The van der Waals surface area contributed by atoms with E-state index in [-0.39, 0.29) is 18.7 Å². The Morgan fingerprint density at radius 3 is 2.90 bits per heavy atom. The Morgan fingerprint density at radius 1 is 1.50 bits per heavy atom. The van der Waals surface area contributed by atoms with Crippen molar-refractivity contribution in [2.75, 3.05) is 13.2 Å². The molecule has 2 aromatic heterocycles. The Bertz CT molecular complexity index is 719. The predicted octanol–water partition coefficient (Wildman–Crippen LogP) is 0.586. The number of rotatable bonds is 4. The van der Waals surface area contributed by atoms with Crippen LogP contribution in [0.15, 0.2) is 11.1 Å². The molecule has 0 aliphatic rings. The van der Waals surface area contributed by atoms with Crippen LogP contribution in [0.5, 0.6) is 0 Å². The Labute approximate surface area is 118 Å². The van der Waals surface area contributed by atoms with E-state index in [2.05, 4.69) is 15.3 Å². The van der Waals surface area contributed by atoms with Gasteiger partial charge in [-0.1, -0.05) is 0 Å². The molecule has 2 N–H and O–H groups in total. The van der Waals surface area contributed by atoms with Crippen LogP contribution in [0, 0.1) is 6.92 Å². The molecule has 1 amide bonds. The number of hydrogen-bond donors (Lipinski definition) is 2. The number of nitrogens with one attached hydrogen (secondary N) is 2. The molecular formula is C12H13N3O4S. The molecule has 7 nitrogen and oxygen atoms in total. The van der Waals surface area contributed by atoms with Crippen molar-refractivity contribution in [3.05, 3.63) is 27.1 Å². The number of fused-ring (bicyclic) bond motifs is 1. The summed E-state index contributed by atoms with van der Waals surface area (Å²) in [6, 6.07) is 0. The van der Waals surface area contributed by atoms with E-state index in [9.17, 15) is 14.4 Å². The molecule has 2 rings (SSSR count). The highest BCUT2D eigenvalue weighted by Crippen LogP contribution is 2.26. The van der Waals surface area contributed by atoms with Crippen molar-refractivity contribution < 1.29 is 14.3 Å². The maximum atomic E-state index is 12.0. The number of aryl methyl sites for hydroxylation is 1. The summed E-state index contributed by atoms with van der Waals surface area (Å²) in [5, 5.41) is 2.86. The van der Waals surface area contributed by atoms with Crippen LogP contribution in [0.2, 0.25) is 0 Å². The van der Waals surface area contributed by atoms with E-state index in [1.54, 1.807) is 13.8 Å². The van der Waals surface area contributed by atoms with Crippen molar-refractivity contribution in [1.82, 2.24) is 15.3 Å². The number of amides is 1. The van der Waals surface area contributed by atoms with Crippen molar-refractivity contribution >= 4 is 33.4 Å². The zero-order valence-corrected chi connectivity index (χ0v) is 11.8. The standard InChI is InChI=1S/C12H13N3O4S/c1-3-19-7(16)4-13-11(18)9-6(2)8-10(17)14-5-15-12(8)20-9/h5H,3-4H2,1-2H3,(H,13,18)(H,14,15,17). The third kappa shape index (κ3) is 2.69. The van der Waals surface area contributed by atoms with Gasteiger partial charge in [-0.15, -0.1) is 11.3 Å². The Hall–Kier alpha value is -2.22. The van der Waals surface area contributed by atoms with Gasteiger partial charge in [0.25, 0.3) is 11.5 Å². The lowest BCUT2D eigenvalue weighted by Gasteiger charge is -2.03. The monoisotopic (exact) mass is 295 g/mol. The summed E-state index contributed by atoms with van der Waals surface area (Å²) in [5.41, 5.74) is 0.272. The van der Waals surface area contributed by atoms with Gasteiger partial charge in [0.2, 0.25) is 0 Å². The second-order valence-electron chi connectivity index (χ2n) is 3.96. The molecule has 0 aliphatic heterocycles. The summed E-state index contributed by atoms with van der Waals surface area (Å²) < 4.78 is 4.72. The third-order valence-electron chi connectivity index (χ3n) is 2.64. The molecule has 20 heavy (non-hydrogen) atoms. The van der Waals surface area contributed by atoms with Crippen molar-refractivity contribution in [3.63, 3.8) is 0 Å². The van der Waals surface area contributed by atoms with Gasteiger partial charge in [-0.05, 0) is 19.4 Å². The maximum Gasteiger partial charge on any atom is 0.325 e. The van der Waals surface area contributed by atoms with Gasteiger partial charge in [-0.25, -0.2) is 4.98 Å². The molecule has 0 bridgehead atoms. The minimum absolute atomic E-state index is 0.204. The summed E-state index contributed by atoms with van der Waals surface area (Å²) in [6.45, 7) is 3.42. The molecule has 0 radical (unpaired) electrons. The number of thiophene rings is 1. The third-order valence-corrected chi connectivity index (χ3v) is 3.84. The molecule has 0 saturated heterocycles. The highest BCUT2D eigenvalue weighted by atomic mass is 32.1. The SMILES string of the molecule is CCOC(=O)CNC(=O)c1sc2nc[nH]c(=O)c2c1C. The first-order valence-electron chi connectivity index (χ1n) is 5.95. The van der Waals surface area contributed by atoms with Crippen molar-refractivity contribution in [1.29, 1.82) is 0 Å². The normalized spacial score (nSPS) is 10.5. The molecule has 2 aromatic rings. The van der Waals surface area contributed by atoms with E-state index in [0.717, 1.165) is 11.3 Å². The molecule has 0 saturated carbocycles. The number of nitrogens with zero attached hydrogens (tertiary/aromatic N) is 1. The molecule has 106 valence electrons. The lowest BCUT2D eigenvalue weighted by Crippen LogP contribution is -2.30. The van der Waals surface area contributed by atoms with Crippen LogP contribution in [-0.2, 0) is 9.53 Å². The average molecular weight is 295 g/mol. The Kier molecular flexibility index (Phi) is 4.14. The van der Waals surface area contributed by atoms with Crippen LogP contribution in [0.25, 0.3) is 10.2 Å². The highest BCUT2D eigenvalue weighted by molar-refractivity contribution is 7.20. The fourth-order valence-electron chi connectivity index (χ4n) is 1.74.